The zero-order valence-electron chi connectivity index (χ0n) is 7.86. The fourth-order valence-electron chi connectivity index (χ4n) is 1.63. The van der Waals surface area contributed by atoms with E-state index in [0.29, 0.717) is 18.6 Å². The standard InChI is InChI=1S/C11H12N2O/c12-11-5-6-13-7-10(11)8-1-3-9(14)4-2-8/h1,5-7H,2-4H2,(H2,12,13). The van der Waals surface area contributed by atoms with E-state index in [4.69, 9.17) is 5.73 Å². The van der Waals surface area contributed by atoms with E-state index < -0.39 is 0 Å². The van der Waals surface area contributed by atoms with Gasteiger partial charge in [0, 0.05) is 36.5 Å². The Balaban J connectivity index is 2.32. The number of hydrogen-bond donors (Lipinski definition) is 1. The number of aromatic nitrogens is 1. The molecule has 0 fully saturated rings. The lowest BCUT2D eigenvalue weighted by atomic mass is 9.93. The van der Waals surface area contributed by atoms with Crippen LogP contribution in [-0.4, -0.2) is 10.8 Å². The Hall–Kier alpha value is -1.64. The number of rotatable bonds is 1. The maximum atomic E-state index is 11.0. The second-order valence-electron chi connectivity index (χ2n) is 3.44. The Kier molecular flexibility index (Phi) is 2.31. The van der Waals surface area contributed by atoms with Gasteiger partial charge in [0.1, 0.15) is 5.78 Å². The molecule has 2 N–H and O–H groups in total. The van der Waals surface area contributed by atoms with Gasteiger partial charge in [-0.1, -0.05) is 6.08 Å². The van der Waals surface area contributed by atoms with Gasteiger partial charge >= 0.3 is 0 Å². The third-order valence-corrected chi connectivity index (χ3v) is 2.45. The summed E-state index contributed by atoms with van der Waals surface area (Å²) in [5.41, 5.74) is 8.68. The molecule has 1 aliphatic carbocycles. The molecule has 3 heteroatoms. The number of hydrogen-bond acceptors (Lipinski definition) is 3. The molecule has 2 rings (SSSR count). The first-order chi connectivity index (χ1) is 6.77. The van der Waals surface area contributed by atoms with E-state index in [9.17, 15) is 4.79 Å². The van der Waals surface area contributed by atoms with Gasteiger partial charge in [-0.2, -0.15) is 0 Å². The molecule has 14 heavy (non-hydrogen) atoms. The largest absolute Gasteiger partial charge is 0.398 e. The van der Waals surface area contributed by atoms with Gasteiger partial charge in [-0.15, -0.1) is 0 Å². The predicted molar refractivity (Wildman–Crippen MR) is 55.5 cm³/mol. The molecule has 0 aromatic carbocycles. The van der Waals surface area contributed by atoms with E-state index in [1.807, 2.05) is 6.08 Å². The van der Waals surface area contributed by atoms with E-state index in [1.165, 1.54) is 0 Å². The summed E-state index contributed by atoms with van der Waals surface area (Å²) in [6, 6.07) is 1.78. The van der Waals surface area contributed by atoms with Gasteiger partial charge in [-0.25, -0.2) is 0 Å². The normalized spacial score (nSPS) is 16.6. The summed E-state index contributed by atoms with van der Waals surface area (Å²) >= 11 is 0. The molecule has 0 unspecified atom stereocenters. The second-order valence-corrected chi connectivity index (χ2v) is 3.44. The van der Waals surface area contributed by atoms with Crippen molar-refractivity contribution in [3.05, 3.63) is 30.1 Å². The predicted octanol–water partition coefficient (Wildman–Crippen LogP) is 1.80. The number of allylic oxidation sites excluding steroid dienone is 2. The van der Waals surface area contributed by atoms with Crippen molar-refractivity contribution in [2.24, 2.45) is 0 Å². The lowest BCUT2D eigenvalue weighted by molar-refractivity contribution is -0.118. The van der Waals surface area contributed by atoms with E-state index in [2.05, 4.69) is 4.98 Å². The molecule has 1 aliphatic rings. The first kappa shape index (κ1) is 8.94. The van der Waals surface area contributed by atoms with Gasteiger partial charge in [-0.05, 0) is 18.1 Å². The fourth-order valence-corrected chi connectivity index (χ4v) is 1.63. The summed E-state index contributed by atoms with van der Waals surface area (Å²) in [4.78, 5) is 15.1. The molecular weight excluding hydrogens is 176 g/mol. The van der Waals surface area contributed by atoms with Crippen LogP contribution < -0.4 is 5.73 Å². The van der Waals surface area contributed by atoms with Crippen LogP contribution in [0.5, 0.6) is 0 Å². The molecule has 1 aromatic rings. The minimum atomic E-state index is 0.302. The maximum absolute atomic E-state index is 11.0. The average molecular weight is 188 g/mol. The molecule has 0 saturated heterocycles. The molecule has 1 heterocycles. The number of nitrogen functional groups attached to an aromatic ring is 1. The van der Waals surface area contributed by atoms with Crippen LogP contribution in [0.3, 0.4) is 0 Å². The summed E-state index contributed by atoms with van der Waals surface area (Å²) in [6.45, 7) is 0. The zero-order valence-corrected chi connectivity index (χ0v) is 7.86. The van der Waals surface area contributed by atoms with Crippen LogP contribution in [0.1, 0.15) is 24.8 Å². The van der Waals surface area contributed by atoms with Crippen LogP contribution >= 0.6 is 0 Å². The van der Waals surface area contributed by atoms with Crippen molar-refractivity contribution in [2.45, 2.75) is 19.3 Å². The Morgan fingerprint density at radius 1 is 1.36 bits per heavy atom. The highest BCUT2D eigenvalue weighted by Crippen LogP contribution is 2.28. The van der Waals surface area contributed by atoms with Crippen molar-refractivity contribution in [3.8, 4) is 0 Å². The lowest BCUT2D eigenvalue weighted by Gasteiger charge is -2.13. The fraction of sp³-hybridized carbons (Fsp3) is 0.273. The number of carbonyl (C=O) groups excluding carboxylic acids is 1. The molecular formula is C11H12N2O. The van der Waals surface area contributed by atoms with Crippen molar-refractivity contribution in [2.75, 3.05) is 5.73 Å². The number of ketones is 1. The topological polar surface area (TPSA) is 56.0 Å². The molecule has 0 spiro atoms. The third-order valence-electron chi connectivity index (χ3n) is 2.45. The summed E-state index contributed by atoms with van der Waals surface area (Å²) in [5, 5.41) is 0. The Labute approximate surface area is 82.6 Å². The number of pyridine rings is 1. The van der Waals surface area contributed by atoms with Gasteiger partial charge < -0.3 is 5.73 Å². The first-order valence-electron chi connectivity index (χ1n) is 4.68. The molecule has 0 bridgehead atoms. The molecule has 0 radical (unpaired) electrons. The van der Waals surface area contributed by atoms with E-state index in [0.717, 1.165) is 23.2 Å². The molecule has 0 amide bonds. The number of carbonyl (C=O) groups is 1. The number of nitrogens with zero attached hydrogens (tertiary/aromatic N) is 1. The SMILES string of the molecule is Nc1ccncc1C1=CCC(=O)CC1. The van der Waals surface area contributed by atoms with Crippen molar-refractivity contribution < 1.29 is 4.79 Å². The van der Waals surface area contributed by atoms with Gasteiger partial charge in [0.05, 0.1) is 0 Å². The van der Waals surface area contributed by atoms with Crippen LogP contribution in [0, 0.1) is 0 Å². The van der Waals surface area contributed by atoms with E-state index in [-0.39, 0.29) is 0 Å². The molecule has 72 valence electrons. The van der Waals surface area contributed by atoms with Gasteiger partial charge in [0.15, 0.2) is 0 Å². The molecule has 3 nitrogen and oxygen atoms in total. The van der Waals surface area contributed by atoms with Crippen LogP contribution in [0.4, 0.5) is 5.69 Å². The molecule has 1 aromatic heterocycles. The summed E-state index contributed by atoms with van der Waals surface area (Å²) in [5.74, 6) is 0.302. The van der Waals surface area contributed by atoms with E-state index in [1.54, 1.807) is 18.5 Å². The lowest BCUT2D eigenvalue weighted by Crippen LogP contribution is -2.04. The highest BCUT2D eigenvalue weighted by molar-refractivity contribution is 5.88. The van der Waals surface area contributed by atoms with Crippen molar-refractivity contribution in [1.29, 1.82) is 0 Å². The monoisotopic (exact) mass is 188 g/mol. The highest BCUT2D eigenvalue weighted by Gasteiger charge is 2.13. The average Bonchev–Trinajstić information content (AvgIpc) is 2.20. The summed E-state index contributed by atoms with van der Waals surface area (Å²) in [6.07, 6.45) is 7.34. The summed E-state index contributed by atoms with van der Waals surface area (Å²) in [7, 11) is 0. The summed E-state index contributed by atoms with van der Waals surface area (Å²) < 4.78 is 0. The second kappa shape index (κ2) is 3.62. The van der Waals surface area contributed by atoms with E-state index >= 15 is 0 Å². The smallest absolute Gasteiger partial charge is 0.137 e. The van der Waals surface area contributed by atoms with Crippen LogP contribution in [0.15, 0.2) is 24.5 Å². The molecule has 0 saturated carbocycles. The minimum Gasteiger partial charge on any atom is -0.398 e. The first-order valence-corrected chi connectivity index (χ1v) is 4.68. The van der Waals surface area contributed by atoms with Crippen molar-refractivity contribution in [1.82, 2.24) is 4.98 Å². The highest BCUT2D eigenvalue weighted by atomic mass is 16.1. The zero-order chi connectivity index (χ0) is 9.97. The third kappa shape index (κ3) is 1.66. The Morgan fingerprint density at radius 3 is 2.86 bits per heavy atom. The van der Waals surface area contributed by atoms with Crippen LogP contribution in [-0.2, 0) is 4.79 Å². The number of Topliss-reactive ketones (excluding diaryl/α,β-unsaturated/α-hetero) is 1. The Bertz CT molecular complexity index is 396. The van der Waals surface area contributed by atoms with Gasteiger partial charge in [0.25, 0.3) is 0 Å². The minimum absolute atomic E-state index is 0.302. The van der Waals surface area contributed by atoms with Crippen molar-refractivity contribution >= 4 is 17.0 Å². The van der Waals surface area contributed by atoms with Crippen LogP contribution in [0.25, 0.3) is 5.57 Å². The number of anilines is 1. The van der Waals surface area contributed by atoms with Gasteiger partial charge in [-0.3, -0.25) is 9.78 Å². The maximum Gasteiger partial charge on any atom is 0.137 e. The van der Waals surface area contributed by atoms with Crippen molar-refractivity contribution in [3.63, 3.8) is 0 Å². The van der Waals surface area contributed by atoms with Crippen LogP contribution in [0.2, 0.25) is 0 Å². The molecule has 0 aliphatic heterocycles. The number of nitrogens with two attached hydrogens (primary N) is 1. The Morgan fingerprint density at radius 2 is 2.21 bits per heavy atom. The quantitative estimate of drug-likeness (QED) is 0.731. The molecule has 0 atom stereocenters. The van der Waals surface area contributed by atoms with Gasteiger partial charge in [0.2, 0.25) is 0 Å².